The van der Waals surface area contributed by atoms with Gasteiger partial charge in [0, 0.05) is 0 Å². The number of amides is 3. The molecule has 3 rings (SSSR count). The van der Waals surface area contributed by atoms with Crippen LogP contribution in [0.4, 0.5) is 4.79 Å². The van der Waals surface area contributed by atoms with E-state index in [-0.39, 0.29) is 18.5 Å². The van der Waals surface area contributed by atoms with Gasteiger partial charge in [0.2, 0.25) is 0 Å². The molecular weight excluding hydrogens is 250 g/mol. The SMILES string of the molecule is Cn1nnc(CN2C(=O)NC3(CCNCC3)C2=O)n1. The van der Waals surface area contributed by atoms with Gasteiger partial charge in [-0.15, -0.1) is 10.2 Å². The monoisotopic (exact) mass is 265 g/mol. The van der Waals surface area contributed by atoms with E-state index < -0.39 is 5.54 Å². The summed E-state index contributed by atoms with van der Waals surface area (Å²) < 4.78 is 0. The summed E-state index contributed by atoms with van der Waals surface area (Å²) in [6.07, 6.45) is 1.23. The number of aryl methyl sites for hydroxylation is 1. The Morgan fingerprint density at radius 2 is 2.05 bits per heavy atom. The van der Waals surface area contributed by atoms with Gasteiger partial charge in [-0.25, -0.2) is 4.79 Å². The molecule has 9 heteroatoms. The van der Waals surface area contributed by atoms with E-state index >= 15 is 0 Å². The van der Waals surface area contributed by atoms with Crippen LogP contribution in [0, 0.1) is 0 Å². The zero-order chi connectivity index (χ0) is 13.5. The first-order valence-corrected chi connectivity index (χ1v) is 6.18. The molecule has 19 heavy (non-hydrogen) atoms. The molecule has 0 bridgehead atoms. The predicted molar refractivity (Wildman–Crippen MR) is 62.7 cm³/mol. The Bertz CT molecular complexity index is 520. The lowest BCUT2D eigenvalue weighted by Crippen LogP contribution is -2.53. The molecule has 0 saturated carbocycles. The highest BCUT2D eigenvalue weighted by molar-refractivity contribution is 6.07. The average Bonchev–Trinajstić information content (AvgIpc) is 2.89. The minimum absolute atomic E-state index is 0.0632. The van der Waals surface area contributed by atoms with E-state index in [1.807, 2.05) is 0 Å². The number of piperidine rings is 1. The second kappa shape index (κ2) is 4.26. The molecule has 2 fully saturated rings. The number of tetrazole rings is 1. The number of carbonyl (C=O) groups is 2. The molecule has 2 N–H and O–H groups in total. The fraction of sp³-hybridized carbons (Fsp3) is 0.700. The van der Waals surface area contributed by atoms with Crippen molar-refractivity contribution >= 4 is 11.9 Å². The van der Waals surface area contributed by atoms with E-state index in [1.165, 1.54) is 9.70 Å². The van der Waals surface area contributed by atoms with Gasteiger partial charge >= 0.3 is 6.03 Å². The van der Waals surface area contributed by atoms with Gasteiger partial charge < -0.3 is 10.6 Å². The molecule has 1 spiro atoms. The molecular formula is C10H15N7O2. The Hall–Kier alpha value is -2.03. The van der Waals surface area contributed by atoms with Crippen molar-refractivity contribution in [2.45, 2.75) is 24.9 Å². The minimum atomic E-state index is -0.745. The first kappa shape index (κ1) is 12.0. The van der Waals surface area contributed by atoms with Crippen LogP contribution in [0.5, 0.6) is 0 Å². The molecule has 2 aliphatic rings. The largest absolute Gasteiger partial charge is 0.325 e. The van der Waals surface area contributed by atoms with Crippen molar-refractivity contribution in [3.8, 4) is 0 Å². The molecule has 1 aromatic rings. The average molecular weight is 265 g/mol. The van der Waals surface area contributed by atoms with Crippen molar-refractivity contribution < 1.29 is 9.59 Å². The Morgan fingerprint density at radius 1 is 1.32 bits per heavy atom. The highest BCUT2D eigenvalue weighted by Gasteiger charge is 2.51. The van der Waals surface area contributed by atoms with E-state index in [4.69, 9.17) is 0 Å². The van der Waals surface area contributed by atoms with Gasteiger partial charge in [-0.1, -0.05) is 0 Å². The third-order valence-electron chi connectivity index (χ3n) is 3.55. The number of hydrogen-bond acceptors (Lipinski definition) is 6. The zero-order valence-corrected chi connectivity index (χ0v) is 10.6. The number of hydrogen-bond donors (Lipinski definition) is 2. The van der Waals surface area contributed by atoms with Crippen molar-refractivity contribution in [1.29, 1.82) is 0 Å². The lowest BCUT2D eigenvalue weighted by Gasteiger charge is -2.30. The Balaban J connectivity index is 1.79. The van der Waals surface area contributed by atoms with Crippen molar-refractivity contribution in [2.24, 2.45) is 7.05 Å². The summed E-state index contributed by atoms with van der Waals surface area (Å²) in [4.78, 5) is 26.9. The van der Waals surface area contributed by atoms with Crippen LogP contribution in [0.1, 0.15) is 18.7 Å². The van der Waals surface area contributed by atoms with Crippen molar-refractivity contribution in [3.63, 3.8) is 0 Å². The van der Waals surface area contributed by atoms with E-state index in [0.29, 0.717) is 18.7 Å². The van der Waals surface area contributed by atoms with Gasteiger partial charge in [0.15, 0.2) is 5.82 Å². The summed E-state index contributed by atoms with van der Waals surface area (Å²) in [5.74, 6) is 0.170. The molecule has 3 heterocycles. The second-order valence-electron chi connectivity index (χ2n) is 4.85. The van der Waals surface area contributed by atoms with E-state index in [1.54, 1.807) is 7.05 Å². The maximum absolute atomic E-state index is 12.4. The van der Waals surface area contributed by atoms with Crippen LogP contribution in [0.3, 0.4) is 0 Å². The van der Waals surface area contributed by atoms with Crippen LogP contribution in [-0.4, -0.2) is 55.7 Å². The third kappa shape index (κ3) is 1.95. The van der Waals surface area contributed by atoms with Crippen molar-refractivity contribution in [1.82, 2.24) is 35.7 Å². The fourth-order valence-corrected chi connectivity index (χ4v) is 2.54. The van der Waals surface area contributed by atoms with Gasteiger partial charge in [-0.2, -0.15) is 4.80 Å². The fourth-order valence-electron chi connectivity index (χ4n) is 2.54. The maximum Gasteiger partial charge on any atom is 0.325 e. The minimum Gasteiger partial charge on any atom is -0.323 e. The maximum atomic E-state index is 12.4. The topological polar surface area (TPSA) is 105 Å². The van der Waals surface area contributed by atoms with Gasteiger partial charge in [0.25, 0.3) is 5.91 Å². The second-order valence-corrected chi connectivity index (χ2v) is 4.85. The van der Waals surface area contributed by atoms with Crippen molar-refractivity contribution in [3.05, 3.63) is 5.82 Å². The lowest BCUT2D eigenvalue weighted by molar-refractivity contribution is -0.132. The molecule has 9 nitrogen and oxygen atoms in total. The molecule has 3 amide bonds. The third-order valence-corrected chi connectivity index (χ3v) is 3.55. The molecule has 1 aromatic heterocycles. The molecule has 0 unspecified atom stereocenters. The summed E-state index contributed by atoms with van der Waals surface area (Å²) in [7, 11) is 1.64. The number of aromatic nitrogens is 4. The molecule has 2 aliphatic heterocycles. The van der Waals surface area contributed by atoms with Crippen LogP contribution >= 0.6 is 0 Å². The molecule has 0 radical (unpaired) electrons. The quantitative estimate of drug-likeness (QED) is 0.623. The highest BCUT2D eigenvalue weighted by Crippen LogP contribution is 2.27. The Morgan fingerprint density at radius 3 is 2.68 bits per heavy atom. The van der Waals surface area contributed by atoms with E-state index in [0.717, 1.165) is 13.1 Å². The number of urea groups is 1. The lowest BCUT2D eigenvalue weighted by atomic mass is 9.88. The summed E-state index contributed by atoms with van der Waals surface area (Å²) >= 11 is 0. The van der Waals surface area contributed by atoms with Crippen molar-refractivity contribution in [2.75, 3.05) is 13.1 Å². The van der Waals surface area contributed by atoms with Crippen LogP contribution in [-0.2, 0) is 18.4 Å². The number of nitrogens with zero attached hydrogens (tertiary/aromatic N) is 5. The number of imide groups is 1. The Kier molecular flexibility index (Phi) is 2.70. The number of rotatable bonds is 2. The van der Waals surface area contributed by atoms with Crippen LogP contribution < -0.4 is 10.6 Å². The Labute approximate surface area is 109 Å². The van der Waals surface area contributed by atoms with Crippen LogP contribution in [0.25, 0.3) is 0 Å². The van der Waals surface area contributed by atoms with Crippen LogP contribution in [0.15, 0.2) is 0 Å². The normalized spacial score (nSPS) is 22.1. The summed E-state index contributed by atoms with van der Waals surface area (Å²) in [5, 5.41) is 17.5. The smallest absolute Gasteiger partial charge is 0.323 e. The van der Waals surface area contributed by atoms with Gasteiger partial charge in [0.1, 0.15) is 5.54 Å². The number of nitrogens with one attached hydrogen (secondary N) is 2. The molecule has 0 atom stereocenters. The van der Waals surface area contributed by atoms with Crippen LogP contribution in [0.2, 0.25) is 0 Å². The summed E-state index contributed by atoms with van der Waals surface area (Å²) in [6, 6.07) is -0.376. The molecule has 0 aliphatic carbocycles. The van der Waals surface area contributed by atoms with E-state index in [2.05, 4.69) is 26.0 Å². The van der Waals surface area contributed by atoms with Gasteiger partial charge in [-0.3, -0.25) is 9.69 Å². The molecule has 102 valence electrons. The summed E-state index contributed by atoms with van der Waals surface area (Å²) in [5.41, 5.74) is -0.745. The highest BCUT2D eigenvalue weighted by atomic mass is 16.2. The first-order chi connectivity index (χ1) is 9.11. The standard InChI is InChI=1S/C10H15N7O2/c1-16-14-7(13-15-16)6-17-8(18)10(12-9(17)19)2-4-11-5-3-10/h11H,2-6H2,1H3,(H,12,19). The molecule has 2 saturated heterocycles. The van der Waals surface area contributed by atoms with Gasteiger partial charge in [0.05, 0.1) is 13.6 Å². The first-order valence-electron chi connectivity index (χ1n) is 6.18. The number of carbonyl (C=O) groups excluding carboxylic acids is 2. The zero-order valence-electron chi connectivity index (χ0n) is 10.6. The summed E-state index contributed by atoms with van der Waals surface area (Å²) in [6.45, 7) is 1.51. The molecule has 0 aromatic carbocycles. The van der Waals surface area contributed by atoms with Gasteiger partial charge in [-0.05, 0) is 31.1 Å². The predicted octanol–water partition coefficient (Wildman–Crippen LogP) is -1.62. The van der Waals surface area contributed by atoms with E-state index in [9.17, 15) is 9.59 Å².